The number of nitrogens with zero attached hydrogens (tertiary/aromatic N) is 2. The van der Waals surface area contributed by atoms with Crippen LogP contribution in [0.1, 0.15) is 31.8 Å². The van der Waals surface area contributed by atoms with Crippen molar-refractivity contribution in [3.05, 3.63) is 107 Å². The maximum atomic E-state index is 13.1. The average Bonchev–Trinajstić information content (AvgIpc) is 2.73. The van der Waals surface area contributed by atoms with Gasteiger partial charge in [-0.15, -0.1) is 0 Å². The summed E-state index contributed by atoms with van der Waals surface area (Å²) in [6, 6.07) is 26.1. The van der Waals surface area contributed by atoms with E-state index in [0.29, 0.717) is 24.2 Å². The molecule has 0 unspecified atom stereocenters. The third-order valence-electron chi connectivity index (χ3n) is 4.56. The van der Waals surface area contributed by atoms with E-state index in [0.717, 1.165) is 11.1 Å². The third kappa shape index (κ3) is 2.97. The summed E-state index contributed by atoms with van der Waals surface area (Å²) in [5.74, 6) is -0.353. The fraction of sp³-hybridized carbons (Fsp3) is 0.0909. The summed E-state index contributed by atoms with van der Waals surface area (Å²) in [4.78, 5) is 26.2. The Morgan fingerprint density at radius 3 is 1.27 bits per heavy atom. The van der Waals surface area contributed by atoms with E-state index < -0.39 is 0 Å². The number of hydrazine groups is 1. The first-order valence-corrected chi connectivity index (χ1v) is 8.54. The van der Waals surface area contributed by atoms with Gasteiger partial charge in [0.25, 0.3) is 11.8 Å². The Morgan fingerprint density at radius 2 is 0.885 bits per heavy atom. The minimum absolute atomic E-state index is 0.176. The first-order valence-electron chi connectivity index (χ1n) is 8.54. The molecular formula is C22H18N2O2. The van der Waals surface area contributed by atoms with E-state index in [1.165, 1.54) is 0 Å². The molecule has 128 valence electrons. The van der Waals surface area contributed by atoms with E-state index in [1.54, 1.807) is 34.3 Å². The Balaban J connectivity index is 1.73. The SMILES string of the molecule is O=C(c1ccccc1)N1Cc2ccccc2CN1C(=O)c1ccccc1. The van der Waals surface area contributed by atoms with Gasteiger partial charge in [-0.3, -0.25) is 9.59 Å². The third-order valence-corrected chi connectivity index (χ3v) is 4.56. The van der Waals surface area contributed by atoms with Crippen molar-refractivity contribution >= 4 is 11.8 Å². The van der Waals surface area contributed by atoms with Crippen LogP contribution in [0.4, 0.5) is 0 Å². The summed E-state index contributed by atoms with van der Waals surface area (Å²) in [5.41, 5.74) is 3.26. The molecule has 2 amide bonds. The van der Waals surface area contributed by atoms with E-state index in [1.807, 2.05) is 60.7 Å². The molecule has 1 aliphatic heterocycles. The number of carbonyl (C=O) groups is 2. The molecule has 0 bridgehead atoms. The van der Waals surface area contributed by atoms with Crippen LogP contribution in [-0.2, 0) is 13.1 Å². The van der Waals surface area contributed by atoms with Gasteiger partial charge in [-0.1, -0.05) is 60.7 Å². The molecule has 0 saturated heterocycles. The molecule has 0 spiro atoms. The normalized spacial score (nSPS) is 13.2. The van der Waals surface area contributed by atoms with Gasteiger partial charge in [0.2, 0.25) is 0 Å². The number of hydrogen-bond donors (Lipinski definition) is 0. The van der Waals surface area contributed by atoms with E-state index >= 15 is 0 Å². The molecule has 4 nitrogen and oxygen atoms in total. The number of hydrogen-bond acceptors (Lipinski definition) is 2. The van der Waals surface area contributed by atoms with Crippen LogP contribution in [0.2, 0.25) is 0 Å². The predicted molar refractivity (Wildman–Crippen MR) is 99.1 cm³/mol. The molecule has 26 heavy (non-hydrogen) atoms. The molecule has 0 fully saturated rings. The Hall–Kier alpha value is -3.40. The minimum Gasteiger partial charge on any atom is -0.267 e. The van der Waals surface area contributed by atoms with Crippen molar-refractivity contribution in [3.8, 4) is 0 Å². The molecule has 0 aromatic heterocycles. The summed E-state index contributed by atoms with van der Waals surface area (Å²) in [6.07, 6.45) is 0. The highest BCUT2D eigenvalue weighted by Crippen LogP contribution is 2.25. The van der Waals surface area contributed by atoms with Crippen LogP contribution in [0, 0.1) is 0 Å². The summed E-state index contributed by atoms with van der Waals surface area (Å²) in [7, 11) is 0. The minimum atomic E-state index is -0.176. The van der Waals surface area contributed by atoms with Gasteiger partial charge in [0.1, 0.15) is 0 Å². The number of fused-ring (bicyclic) bond motifs is 1. The Kier molecular flexibility index (Phi) is 4.23. The molecule has 0 atom stereocenters. The van der Waals surface area contributed by atoms with Gasteiger partial charge in [0.05, 0.1) is 13.1 Å². The van der Waals surface area contributed by atoms with E-state index in [9.17, 15) is 9.59 Å². The second-order valence-corrected chi connectivity index (χ2v) is 6.23. The lowest BCUT2D eigenvalue weighted by Crippen LogP contribution is -2.51. The lowest BCUT2D eigenvalue weighted by molar-refractivity contribution is -0.0177. The average molecular weight is 342 g/mol. The van der Waals surface area contributed by atoms with Crippen LogP contribution in [0.3, 0.4) is 0 Å². The smallest absolute Gasteiger partial charge is 0.267 e. The topological polar surface area (TPSA) is 40.6 Å². The van der Waals surface area contributed by atoms with Gasteiger partial charge < -0.3 is 0 Å². The Morgan fingerprint density at radius 1 is 0.538 bits per heavy atom. The Labute approximate surface area is 152 Å². The quantitative estimate of drug-likeness (QED) is 0.709. The first kappa shape index (κ1) is 16.1. The monoisotopic (exact) mass is 342 g/mol. The van der Waals surface area contributed by atoms with Gasteiger partial charge in [0, 0.05) is 11.1 Å². The molecule has 3 aromatic rings. The standard InChI is InChI=1S/C22H18N2O2/c25-21(17-9-3-1-4-10-17)23-15-19-13-7-8-14-20(19)16-24(23)22(26)18-11-5-2-6-12-18/h1-14H,15-16H2. The van der Waals surface area contributed by atoms with Gasteiger partial charge in [-0.05, 0) is 35.4 Å². The molecule has 1 heterocycles. The molecule has 4 rings (SSSR count). The fourth-order valence-corrected chi connectivity index (χ4v) is 3.18. The molecule has 0 N–H and O–H groups in total. The van der Waals surface area contributed by atoms with Crippen molar-refractivity contribution < 1.29 is 9.59 Å². The van der Waals surface area contributed by atoms with Crippen molar-refractivity contribution in [3.63, 3.8) is 0 Å². The van der Waals surface area contributed by atoms with Crippen LogP contribution in [0.25, 0.3) is 0 Å². The van der Waals surface area contributed by atoms with Crippen LogP contribution in [0.5, 0.6) is 0 Å². The second-order valence-electron chi connectivity index (χ2n) is 6.23. The van der Waals surface area contributed by atoms with Crippen LogP contribution in [-0.4, -0.2) is 21.8 Å². The van der Waals surface area contributed by atoms with Gasteiger partial charge >= 0.3 is 0 Å². The number of rotatable bonds is 2. The van der Waals surface area contributed by atoms with Gasteiger partial charge in [-0.2, -0.15) is 0 Å². The summed E-state index contributed by atoms with van der Waals surface area (Å²) in [6.45, 7) is 0.755. The highest BCUT2D eigenvalue weighted by atomic mass is 16.2. The first-order chi connectivity index (χ1) is 12.7. The van der Waals surface area contributed by atoms with Crippen molar-refractivity contribution in [2.24, 2.45) is 0 Å². The van der Waals surface area contributed by atoms with E-state index in [-0.39, 0.29) is 11.8 Å². The van der Waals surface area contributed by atoms with Crippen molar-refractivity contribution in [2.45, 2.75) is 13.1 Å². The molecule has 4 heteroatoms. The molecule has 0 saturated carbocycles. The van der Waals surface area contributed by atoms with Crippen molar-refractivity contribution in [1.29, 1.82) is 0 Å². The van der Waals surface area contributed by atoms with Crippen LogP contribution < -0.4 is 0 Å². The summed E-state index contributed by atoms with van der Waals surface area (Å²) in [5, 5.41) is 3.10. The number of benzene rings is 3. The molecular weight excluding hydrogens is 324 g/mol. The van der Waals surface area contributed by atoms with Gasteiger partial charge in [-0.25, -0.2) is 10.0 Å². The van der Waals surface area contributed by atoms with E-state index in [2.05, 4.69) is 0 Å². The molecule has 3 aromatic carbocycles. The largest absolute Gasteiger partial charge is 0.272 e. The van der Waals surface area contributed by atoms with Crippen molar-refractivity contribution in [2.75, 3.05) is 0 Å². The van der Waals surface area contributed by atoms with E-state index in [4.69, 9.17) is 0 Å². The van der Waals surface area contributed by atoms with Crippen molar-refractivity contribution in [1.82, 2.24) is 10.0 Å². The van der Waals surface area contributed by atoms with Gasteiger partial charge in [0.15, 0.2) is 0 Å². The highest BCUT2D eigenvalue weighted by molar-refractivity contribution is 5.99. The predicted octanol–water partition coefficient (Wildman–Crippen LogP) is 3.90. The van der Waals surface area contributed by atoms with Crippen LogP contribution >= 0.6 is 0 Å². The number of amides is 2. The summed E-state index contributed by atoms with van der Waals surface area (Å²) < 4.78 is 0. The zero-order valence-corrected chi connectivity index (χ0v) is 14.2. The molecule has 0 aliphatic carbocycles. The Bertz CT molecular complexity index is 860. The maximum Gasteiger partial charge on any atom is 0.272 e. The zero-order chi connectivity index (χ0) is 17.9. The fourth-order valence-electron chi connectivity index (χ4n) is 3.18. The molecule has 1 aliphatic rings. The van der Waals surface area contributed by atoms with Crippen LogP contribution in [0.15, 0.2) is 84.9 Å². The second kappa shape index (κ2) is 6.84. The maximum absolute atomic E-state index is 13.1. The lowest BCUT2D eigenvalue weighted by Gasteiger charge is -2.39. The number of carbonyl (C=O) groups excluding carboxylic acids is 2. The lowest BCUT2D eigenvalue weighted by atomic mass is 10.0. The highest BCUT2D eigenvalue weighted by Gasteiger charge is 2.32. The summed E-state index contributed by atoms with van der Waals surface area (Å²) >= 11 is 0. The zero-order valence-electron chi connectivity index (χ0n) is 14.2. The molecule has 0 radical (unpaired) electrons.